The van der Waals surface area contributed by atoms with E-state index in [-0.39, 0.29) is 11.8 Å². The van der Waals surface area contributed by atoms with Gasteiger partial charge in [-0.2, -0.15) is 0 Å². The van der Waals surface area contributed by atoms with Crippen LogP contribution in [0.4, 0.5) is 0 Å². The number of nitrogens with zero attached hydrogens (tertiary/aromatic N) is 1. The standard InChI is InChI=1S/C16H25NO/c1-12(2)10-17(11-13(3)4)16(18)15-8-6-14(5)7-9-15/h6,15H,1,3,7-11H2,2,4-5H3. The van der Waals surface area contributed by atoms with Crippen LogP contribution in [0.3, 0.4) is 0 Å². The zero-order valence-corrected chi connectivity index (χ0v) is 12.0. The van der Waals surface area contributed by atoms with Gasteiger partial charge in [0.15, 0.2) is 0 Å². The highest BCUT2D eigenvalue weighted by Crippen LogP contribution is 2.25. The summed E-state index contributed by atoms with van der Waals surface area (Å²) in [5, 5.41) is 0. The van der Waals surface area contributed by atoms with Gasteiger partial charge in [0.25, 0.3) is 0 Å². The Labute approximate surface area is 111 Å². The Morgan fingerprint density at radius 1 is 1.33 bits per heavy atom. The van der Waals surface area contributed by atoms with E-state index in [1.54, 1.807) is 0 Å². The predicted octanol–water partition coefficient (Wildman–Crippen LogP) is 3.71. The molecule has 0 aromatic rings. The van der Waals surface area contributed by atoms with Gasteiger partial charge in [0.05, 0.1) is 0 Å². The average molecular weight is 247 g/mol. The molecular weight excluding hydrogens is 222 g/mol. The molecule has 0 aromatic heterocycles. The summed E-state index contributed by atoms with van der Waals surface area (Å²) in [5.74, 6) is 0.400. The van der Waals surface area contributed by atoms with Crippen LogP contribution >= 0.6 is 0 Å². The predicted molar refractivity (Wildman–Crippen MR) is 77.3 cm³/mol. The maximum absolute atomic E-state index is 12.5. The van der Waals surface area contributed by atoms with Gasteiger partial charge in [0, 0.05) is 19.0 Å². The SMILES string of the molecule is C=C(C)CN(CC(=C)C)C(=O)C1CC=C(C)CC1. The summed E-state index contributed by atoms with van der Waals surface area (Å²) in [6, 6.07) is 0. The van der Waals surface area contributed by atoms with Gasteiger partial charge in [-0.05, 0) is 40.0 Å². The molecule has 1 atom stereocenters. The van der Waals surface area contributed by atoms with Crippen molar-refractivity contribution in [1.29, 1.82) is 0 Å². The maximum atomic E-state index is 12.5. The molecule has 100 valence electrons. The third-order valence-electron chi connectivity index (χ3n) is 3.22. The second-order valence-electron chi connectivity index (χ2n) is 5.63. The molecule has 0 spiro atoms. The molecule has 1 unspecified atom stereocenters. The average Bonchev–Trinajstić information content (AvgIpc) is 2.27. The largest absolute Gasteiger partial charge is 0.335 e. The maximum Gasteiger partial charge on any atom is 0.226 e. The van der Waals surface area contributed by atoms with Gasteiger partial charge in [-0.15, -0.1) is 0 Å². The molecule has 0 bridgehead atoms. The van der Waals surface area contributed by atoms with Crippen molar-refractivity contribution in [2.24, 2.45) is 5.92 Å². The summed E-state index contributed by atoms with van der Waals surface area (Å²) < 4.78 is 0. The van der Waals surface area contributed by atoms with Crippen molar-refractivity contribution in [2.45, 2.75) is 40.0 Å². The van der Waals surface area contributed by atoms with Crippen molar-refractivity contribution >= 4 is 5.91 Å². The fraction of sp³-hybridized carbons (Fsp3) is 0.562. The van der Waals surface area contributed by atoms with E-state index in [9.17, 15) is 4.79 Å². The molecule has 0 N–H and O–H groups in total. The van der Waals surface area contributed by atoms with Crippen LogP contribution in [0.2, 0.25) is 0 Å². The molecule has 0 radical (unpaired) electrons. The van der Waals surface area contributed by atoms with Gasteiger partial charge in [-0.25, -0.2) is 0 Å². The van der Waals surface area contributed by atoms with E-state index in [1.807, 2.05) is 18.7 Å². The number of allylic oxidation sites excluding steroid dienone is 2. The highest BCUT2D eigenvalue weighted by molar-refractivity contribution is 5.79. The highest BCUT2D eigenvalue weighted by atomic mass is 16.2. The lowest BCUT2D eigenvalue weighted by Crippen LogP contribution is -2.38. The third-order valence-corrected chi connectivity index (χ3v) is 3.22. The highest BCUT2D eigenvalue weighted by Gasteiger charge is 2.25. The first-order chi connectivity index (χ1) is 8.40. The minimum absolute atomic E-state index is 0.146. The van der Waals surface area contributed by atoms with Gasteiger partial charge < -0.3 is 4.90 Å². The molecule has 0 saturated carbocycles. The fourth-order valence-electron chi connectivity index (χ4n) is 2.31. The van der Waals surface area contributed by atoms with E-state index in [2.05, 4.69) is 26.2 Å². The number of hydrogen-bond donors (Lipinski definition) is 0. The monoisotopic (exact) mass is 247 g/mol. The zero-order chi connectivity index (χ0) is 13.7. The van der Waals surface area contributed by atoms with Gasteiger partial charge in [-0.1, -0.05) is 36.0 Å². The molecule has 0 aliphatic heterocycles. The molecule has 0 saturated heterocycles. The van der Waals surface area contributed by atoms with Crippen LogP contribution in [0.25, 0.3) is 0 Å². The Balaban J connectivity index is 2.69. The molecule has 0 aromatic carbocycles. The van der Waals surface area contributed by atoms with E-state index in [4.69, 9.17) is 0 Å². The molecule has 2 nitrogen and oxygen atoms in total. The van der Waals surface area contributed by atoms with Crippen LogP contribution < -0.4 is 0 Å². The molecule has 1 rings (SSSR count). The Kier molecular flexibility index (Phi) is 5.39. The van der Waals surface area contributed by atoms with Crippen molar-refractivity contribution in [1.82, 2.24) is 4.90 Å². The number of hydrogen-bond acceptors (Lipinski definition) is 1. The summed E-state index contributed by atoms with van der Waals surface area (Å²) in [5.41, 5.74) is 3.45. The molecule has 0 fully saturated rings. The van der Waals surface area contributed by atoms with Crippen molar-refractivity contribution in [3.05, 3.63) is 36.0 Å². The minimum atomic E-state index is 0.146. The van der Waals surface area contributed by atoms with Crippen LogP contribution in [0, 0.1) is 5.92 Å². The molecule has 1 aliphatic carbocycles. The first-order valence-electron chi connectivity index (χ1n) is 6.63. The second-order valence-corrected chi connectivity index (χ2v) is 5.63. The van der Waals surface area contributed by atoms with E-state index in [0.717, 1.165) is 30.4 Å². The van der Waals surface area contributed by atoms with E-state index < -0.39 is 0 Å². The fourth-order valence-corrected chi connectivity index (χ4v) is 2.31. The summed E-state index contributed by atoms with van der Waals surface area (Å²) in [7, 11) is 0. The third kappa shape index (κ3) is 4.52. The van der Waals surface area contributed by atoms with Crippen molar-refractivity contribution in [3.63, 3.8) is 0 Å². The van der Waals surface area contributed by atoms with E-state index in [0.29, 0.717) is 13.1 Å². The van der Waals surface area contributed by atoms with Crippen molar-refractivity contribution in [2.75, 3.05) is 13.1 Å². The first kappa shape index (κ1) is 14.7. The van der Waals surface area contributed by atoms with Crippen molar-refractivity contribution in [3.8, 4) is 0 Å². The molecule has 2 heteroatoms. The minimum Gasteiger partial charge on any atom is -0.335 e. The summed E-state index contributed by atoms with van der Waals surface area (Å²) >= 11 is 0. The van der Waals surface area contributed by atoms with Crippen LogP contribution in [-0.4, -0.2) is 23.9 Å². The van der Waals surface area contributed by atoms with Gasteiger partial charge in [-0.3, -0.25) is 4.79 Å². The Hall–Kier alpha value is -1.31. The van der Waals surface area contributed by atoms with Crippen LogP contribution in [-0.2, 0) is 4.79 Å². The van der Waals surface area contributed by atoms with Crippen LogP contribution in [0.15, 0.2) is 36.0 Å². The molecule has 0 heterocycles. The van der Waals surface area contributed by atoms with E-state index >= 15 is 0 Å². The topological polar surface area (TPSA) is 20.3 Å². The molecule has 1 amide bonds. The second kappa shape index (κ2) is 6.58. The number of carbonyl (C=O) groups excluding carboxylic acids is 1. The lowest BCUT2D eigenvalue weighted by Gasteiger charge is -2.29. The van der Waals surface area contributed by atoms with Crippen molar-refractivity contribution < 1.29 is 4.79 Å². The van der Waals surface area contributed by atoms with Crippen LogP contribution in [0.1, 0.15) is 40.0 Å². The number of amides is 1. The molecular formula is C16H25NO. The molecule has 18 heavy (non-hydrogen) atoms. The summed E-state index contributed by atoms with van der Waals surface area (Å²) in [6.45, 7) is 15.2. The normalized spacial score (nSPS) is 19.1. The number of carbonyl (C=O) groups is 1. The number of rotatable bonds is 5. The Morgan fingerprint density at radius 2 is 1.89 bits per heavy atom. The molecule has 1 aliphatic rings. The van der Waals surface area contributed by atoms with Crippen LogP contribution in [0.5, 0.6) is 0 Å². The summed E-state index contributed by atoms with van der Waals surface area (Å²) in [4.78, 5) is 14.4. The zero-order valence-electron chi connectivity index (χ0n) is 12.0. The quantitative estimate of drug-likeness (QED) is 0.678. The lowest BCUT2D eigenvalue weighted by atomic mass is 9.89. The lowest BCUT2D eigenvalue weighted by molar-refractivity contribution is -0.135. The first-order valence-corrected chi connectivity index (χ1v) is 6.63. The van der Waals surface area contributed by atoms with Gasteiger partial charge in [0.2, 0.25) is 5.91 Å². The van der Waals surface area contributed by atoms with E-state index in [1.165, 1.54) is 5.57 Å². The Bertz CT molecular complexity index is 363. The van der Waals surface area contributed by atoms with Gasteiger partial charge >= 0.3 is 0 Å². The Morgan fingerprint density at radius 3 is 2.28 bits per heavy atom. The van der Waals surface area contributed by atoms with Gasteiger partial charge in [0.1, 0.15) is 0 Å². The smallest absolute Gasteiger partial charge is 0.226 e. The summed E-state index contributed by atoms with van der Waals surface area (Å²) in [6.07, 6.45) is 5.10.